The molecule has 31 heavy (non-hydrogen) atoms. The van der Waals surface area contributed by atoms with Gasteiger partial charge in [-0.2, -0.15) is 0 Å². The normalized spacial score (nSPS) is 19.3. The summed E-state index contributed by atoms with van der Waals surface area (Å²) in [4.78, 5) is 15.8. The number of hydrogen-bond acceptors (Lipinski definition) is 3. The average molecular weight is 421 g/mol. The predicted octanol–water partition coefficient (Wildman–Crippen LogP) is 5.56. The molecule has 2 aromatic carbocycles. The van der Waals surface area contributed by atoms with Crippen LogP contribution in [0.3, 0.4) is 0 Å². The number of amides is 1. The molecule has 1 saturated heterocycles. The van der Waals surface area contributed by atoms with Gasteiger partial charge in [0, 0.05) is 12.2 Å². The molecule has 166 valence electrons. The molecule has 0 unspecified atom stereocenters. The van der Waals surface area contributed by atoms with Crippen LogP contribution in [0.1, 0.15) is 56.6 Å². The Labute approximate surface area is 187 Å². The van der Waals surface area contributed by atoms with Crippen molar-refractivity contribution in [3.8, 4) is 5.75 Å². The second-order valence-corrected chi connectivity index (χ2v) is 9.51. The smallest absolute Gasteiger partial charge is 0.235 e. The van der Waals surface area contributed by atoms with E-state index in [9.17, 15) is 4.79 Å². The number of likely N-dealkylation sites (tertiary alicyclic amines) is 1. The van der Waals surface area contributed by atoms with E-state index in [1.807, 2.05) is 24.3 Å². The summed E-state index contributed by atoms with van der Waals surface area (Å²) in [5, 5.41) is 3.18. The van der Waals surface area contributed by atoms with Gasteiger partial charge >= 0.3 is 0 Å². The summed E-state index contributed by atoms with van der Waals surface area (Å²) in [6, 6.07) is 16.3. The summed E-state index contributed by atoms with van der Waals surface area (Å²) in [6.45, 7) is 8.47. The number of ether oxygens (including phenoxy) is 1. The number of carbonyl (C=O) groups excluding carboxylic acids is 1. The predicted molar refractivity (Wildman–Crippen MR) is 127 cm³/mol. The van der Waals surface area contributed by atoms with Gasteiger partial charge in [-0.3, -0.25) is 9.69 Å². The van der Waals surface area contributed by atoms with Crippen molar-refractivity contribution in [1.82, 2.24) is 4.90 Å². The van der Waals surface area contributed by atoms with Crippen LogP contribution in [0.15, 0.2) is 48.5 Å². The van der Waals surface area contributed by atoms with E-state index < -0.39 is 5.41 Å². The lowest BCUT2D eigenvalue weighted by Crippen LogP contribution is -2.38. The third-order valence-electron chi connectivity index (χ3n) is 7.13. The van der Waals surface area contributed by atoms with Gasteiger partial charge in [-0.05, 0) is 81.4 Å². The molecule has 1 heterocycles. The molecule has 0 spiro atoms. The van der Waals surface area contributed by atoms with Gasteiger partial charge in [-0.25, -0.2) is 0 Å². The van der Waals surface area contributed by atoms with Crippen LogP contribution in [0.4, 0.5) is 5.69 Å². The SMILES string of the molecule is Cc1cccc(C2(C(=O)Nc3ccc(OCCN4CCC(C)CC4)cc3)CCCC2)c1. The second kappa shape index (κ2) is 9.86. The summed E-state index contributed by atoms with van der Waals surface area (Å²) in [7, 11) is 0. The maximum Gasteiger partial charge on any atom is 0.235 e. The molecule has 0 bridgehead atoms. The van der Waals surface area contributed by atoms with Crippen LogP contribution in [0.25, 0.3) is 0 Å². The van der Waals surface area contributed by atoms with Crippen molar-refractivity contribution in [3.05, 3.63) is 59.7 Å². The molecule has 2 fully saturated rings. The Kier molecular flexibility index (Phi) is 6.96. The molecular formula is C27H36N2O2. The van der Waals surface area contributed by atoms with Crippen molar-refractivity contribution < 1.29 is 9.53 Å². The lowest BCUT2D eigenvalue weighted by Gasteiger charge is -2.30. The second-order valence-electron chi connectivity index (χ2n) is 9.51. The molecule has 4 rings (SSSR count). The van der Waals surface area contributed by atoms with Crippen molar-refractivity contribution in [2.24, 2.45) is 5.92 Å². The summed E-state index contributed by atoms with van der Waals surface area (Å²) < 4.78 is 5.94. The fourth-order valence-electron chi connectivity index (χ4n) is 5.03. The van der Waals surface area contributed by atoms with E-state index >= 15 is 0 Å². The zero-order valence-corrected chi connectivity index (χ0v) is 19.0. The number of nitrogens with zero attached hydrogens (tertiary/aromatic N) is 1. The minimum atomic E-state index is -0.410. The number of rotatable bonds is 7. The molecule has 1 N–H and O–H groups in total. The largest absolute Gasteiger partial charge is 0.492 e. The first kappa shape index (κ1) is 21.9. The zero-order chi connectivity index (χ0) is 21.7. The molecule has 1 aliphatic heterocycles. The van der Waals surface area contributed by atoms with E-state index in [0.717, 1.165) is 55.1 Å². The highest BCUT2D eigenvalue weighted by atomic mass is 16.5. The Morgan fingerprint density at radius 1 is 1.10 bits per heavy atom. The van der Waals surface area contributed by atoms with Gasteiger partial charge in [0.25, 0.3) is 0 Å². The maximum atomic E-state index is 13.4. The number of anilines is 1. The molecule has 1 saturated carbocycles. The molecule has 1 aliphatic carbocycles. The van der Waals surface area contributed by atoms with Gasteiger partial charge in [0.05, 0.1) is 5.41 Å². The minimum absolute atomic E-state index is 0.114. The molecule has 0 atom stereocenters. The quantitative estimate of drug-likeness (QED) is 0.638. The molecule has 0 aromatic heterocycles. The van der Waals surface area contributed by atoms with Gasteiger partial charge in [0.2, 0.25) is 5.91 Å². The van der Waals surface area contributed by atoms with Crippen molar-refractivity contribution in [2.75, 3.05) is 31.6 Å². The monoisotopic (exact) mass is 420 g/mol. The molecule has 2 aromatic rings. The zero-order valence-electron chi connectivity index (χ0n) is 19.0. The van der Waals surface area contributed by atoms with Gasteiger partial charge in [-0.15, -0.1) is 0 Å². The summed E-state index contributed by atoms with van der Waals surface area (Å²) in [6.07, 6.45) is 6.61. The summed E-state index contributed by atoms with van der Waals surface area (Å²) >= 11 is 0. The molecule has 4 heteroatoms. The topological polar surface area (TPSA) is 41.6 Å². The minimum Gasteiger partial charge on any atom is -0.492 e. The first-order valence-electron chi connectivity index (χ1n) is 11.9. The van der Waals surface area contributed by atoms with Crippen LogP contribution in [0, 0.1) is 12.8 Å². The van der Waals surface area contributed by atoms with E-state index in [1.165, 1.54) is 31.5 Å². The maximum absolute atomic E-state index is 13.4. The van der Waals surface area contributed by atoms with E-state index in [-0.39, 0.29) is 5.91 Å². The Morgan fingerprint density at radius 2 is 1.81 bits per heavy atom. The van der Waals surface area contributed by atoms with E-state index in [4.69, 9.17) is 4.74 Å². The van der Waals surface area contributed by atoms with Crippen molar-refractivity contribution in [1.29, 1.82) is 0 Å². The van der Waals surface area contributed by atoms with Gasteiger partial charge in [0.1, 0.15) is 12.4 Å². The molecule has 4 nitrogen and oxygen atoms in total. The Hall–Kier alpha value is -2.33. The fourth-order valence-corrected chi connectivity index (χ4v) is 5.03. The summed E-state index contributed by atoms with van der Waals surface area (Å²) in [5.74, 6) is 1.83. The highest BCUT2D eigenvalue weighted by molar-refractivity contribution is 5.99. The molecule has 2 aliphatic rings. The van der Waals surface area contributed by atoms with Crippen molar-refractivity contribution in [2.45, 2.75) is 57.8 Å². The Bertz CT molecular complexity index is 863. The van der Waals surface area contributed by atoms with Crippen LogP contribution < -0.4 is 10.1 Å². The van der Waals surface area contributed by atoms with E-state index in [0.29, 0.717) is 6.61 Å². The van der Waals surface area contributed by atoms with Crippen molar-refractivity contribution in [3.63, 3.8) is 0 Å². The van der Waals surface area contributed by atoms with Crippen molar-refractivity contribution >= 4 is 11.6 Å². The molecule has 0 radical (unpaired) electrons. The van der Waals surface area contributed by atoms with Gasteiger partial charge in [-0.1, -0.05) is 49.6 Å². The fraction of sp³-hybridized carbons (Fsp3) is 0.519. The van der Waals surface area contributed by atoms with E-state index in [1.54, 1.807) is 0 Å². The van der Waals surface area contributed by atoms with Crippen LogP contribution >= 0.6 is 0 Å². The average Bonchev–Trinajstić information content (AvgIpc) is 3.28. The van der Waals surface area contributed by atoms with Crippen LogP contribution in [0.5, 0.6) is 5.75 Å². The third kappa shape index (κ3) is 5.30. The van der Waals surface area contributed by atoms with E-state index in [2.05, 4.69) is 48.3 Å². The van der Waals surface area contributed by atoms with Crippen LogP contribution in [-0.4, -0.2) is 37.0 Å². The standard InChI is InChI=1S/C27H36N2O2/c1-21-12-16-29(17-13-21)18-19-31-25-10-8-24(9-11-25)28-26(30)27(14-3-4-15-27)23-7-5-6-22(2)20-23/h5-11,20-21H,3-4,12-19H2,1-2H3,(H,28,30). The lowest BCUT2D eigenvalue weighted by molar-refractivity contribution is -0.121. The highest BCUT2D eigenvalue weighted by Gasteiger charge is 2.42. The van der Waals surface area contributed by atoms with Gasteiger partial charge < -0.3 is 10.1 Å². The number of nitrogens with one attached hydrogen (secondary N) is 1. The number of benzene rings is 2. The number of hydrogen-bond donors (Lipinski definition) is 1. The molecular weight excluding hydrogens is 384 g/mol. The summed E-state index contributed by atoms with van der Waals surface area (Å²) in [5.41, 5.74) is 2.78. The number of piperidine rings is 1. The highest BCUT2D eigenvalue weighted by Crippen LogP contribution is 2.42. The third-order valence-corrected chi connectivity index (χ3v) is 7.13. The van der Waals surface area contributed by atoms with Gasteiger partial charge in [0.15, 0.2) is 0 Å². The Balaban J connectivity index is 1.33. The number of carbonyl (C=O) groups is 1. The first-order valence-corrected chi connectivity index (χ1v) is 11.9. The lowest BCUT2D eigenvalue weighted by atomic mass is 9.77. The Morgan fingerprint density at radius 3 is 2.48 bits per heavy atom. The molecule has 1 amide bonds. The van der Waals surface area contributed by atoms with Crippen LogP contribution in [0.2, 0.25) is 0 Å². The number of aryl methyl sites for hydroxylation is 1. The first-order chi connectivity index (χ1) is 15.0. The van der Waals surface area contributed by atoms with Crippen LogP contribution in [-0.2, 0) is 10.2 Å².